The van der Waals surface area contributed by atoms with Gasteiger partial charge < -0.3 is 9.47 Å². The van der Waals surface area contributed by atoms with E-state index in [-0.39, 0.29) is 0 Å². The van der Waals surface area contributed by atoms with Crippen LogP contribution in [0.25, 0.3) is 16.8 Å². The van der Waals surface area contributed by atoms with Gasteiger partial charge in [-0.15, -0.1) is 0 Å². The Balaban J connectivity index is 1.34. The maximum absolute atomic E-state index is 5.96. The summed E-state index contributed by atoms with van der Waals surface area (Å²) in [6, 6.07) is 20.9. The molecule has 0 unspecified atom stereocenters. The average molecular weight is 429 g/mol. The molecule has 164 valence electrons. The highest BCUT2D eigenvalue weighted by molar-refractivity contribution is 5.73. The first-order valence-corrected chi connectivity index (χ1v) is 11.1. The van der Waals surface area contributed by atoms with E-state index in [0.717, 1.165) is 61.9 Å². The van der Waals surface area contributed by atoms with E-state index in [1.165, 1.54) is 11.1 Å². The van der Waals surface area contributed by atoms with E-state index in [4.69, 9.17) is 14.6 Å². The number of ether oxygens (including phenoxy) is 2. The first-order chi connectivity index (χ1) is 15.8. The highest BCUT2D eigenvalue weighted by atomic mass is 16.5. The zero-order chi connectivity index (χ0) is 21.8. The Bertz CT molecular complexity index is 1190. The van der Waals surface area contributed by atoms with E-state index in [1.54, 1.807) is 13.3 Å². The molecule has 6 nitrogen and oxygen atoms in total. The van der Waals surface area contributed by atoms with Gasteiger partial charge in [-0.3, -0.25) is 4.90 Å². The number of para-hydroxylation sites is 1. The molecule has 0 aliphatic carbocycles. The highest BCUT2D eigenvalue weighted by Gasteiger charge is 2.21. The minimum Gasteiger partial charge on any atom is -0.496 e. The van der Waals surface area contributed by atoms with Crippen molar-refractivity contribution in [2.75, 3.05) is 33.4 Å². The molecule has 0 radical (unpaired) electrons. The molecule has 4 aromatic rings. The predicted molar refractivity (Wildman–Crippen MR) is 125 cm³/mol. The molecule has 0 amide bonds. The van der Waals surface area contributed by atoms with Crippen molar-refractivity contribution in [1.82, 2.24) is 19.5 Å². The molecular weight excluding hydrogens is 400 g/mol. The van der Waals surface area contributed by atoms with E-state index in [2.05, 4.69) is 52.3 Å². The standard InChI is InChI=1S/C26H28N4O2/c1-31-25-9-5-4-8-24(25)23-7-3-2-6-21(23)18-29-14-15-32-19-20(17-29)16-22-10-11-26-27-12-13-30(26)28-22/h2-13,20H,14-19H2,1H3/t20-/m1/s1. The Kier molecular flexibility index (Phi) is 6.14. The summed E-state index contributed by atoms with van der Waals surface area (Å²) in [4.78, 5) is 6.79. The van der Waals surface area contributed by atoms with Crippen molar-refractivity contribution in [1.29, 1.82) is 0 Å². The second-order valence-electron chi connectivity index (χ2n) is 8.29. The first kappa shape index (κ1) is 20.7. The van der Waals surface area contributed by atoms with E-state index in [1.807, 2.05) is 28.9 Å². The van der Waals surface area contributed by atoms with Gasteiger partial charge >= 0.3 is 0 Å². The number of nitrogens with zero attached hydrogens (tertiary/aromatic N) is 4. The lowest BCUT2D eigenvalue weighted by molar-refractivity contribution is 0.121. The summed E-state index contributed by atoms with van der Waals surface area (Å²) >= 11 is 0. The lowest BCUT2D eigenvalue weighted by Gasteiger charge is -2.24. The highest BCUT2D eigenvalue weighted by Crippen LogP contribution is 2.32. The summed E-state index contributed by atoms with van der Waals surface area (Å²) in [5.74, 6) is 1.29. The predicted octanol–water partition coefficient (Wildman–Crippen LogP) is 4.10. The van der Waals surface area contributed by atoms with Crippen molar-refractivity contribution in [3.8, 4) is 16.9 Å². The number of hydrogen-bond acceptors (Lipinski definition) is 5. The summed E-state index contributed by atoms with van der Waals surface area (Å²) in [7, 11) is 1.73. The Hall–Kier alpha value is -3.22. The molecule has 6 heteroatoms. The van der Waals surface area contributed by atoms with Crippen molar-refractivity contribution in [2.45, 2.75) is 13.0 Å². The van der Waals surface area contributed by atoms with E-state index in [0.29, 0.717) is 5.92 Å². The smallest absolute Gasteiger partial charge is 0.153 e. The molecule has 1 aliphatic heterocycles. The van der Waals surface area contributed by atoms with E-state index < -0.39 is 0 Å². The van der Waals surface area contributed by atoms with Gasteiger partial charge in [-0.05, 0) is 35.7 Å². The monoisotopic (exact) mass is 428 g/mol. The minimum atomic E-state index is 0.393. The average Bonchev–Trinajstić information content (AvgIpc) is 3.19. The summed E-state index contributed by atoms with van der Waals surface area (Å²) < 4.78 is 13.4. The van der Waals surface area contributed by atoms with Crippen molar-refractivity contribution < 1.29 is 9.47 Å². The second-order valence-corrected chi connectivity index (χ2v) is 8.29. The minimum absolute atomic E-state index is 0.393. The normalized spacial score (nSPS) is 17.3. The van der Waals surface area contributed by atoms with Gasteiger partial charge in [-0.25, -0.2) is 9.50 Å². The Morgan fingerprint density at radius 3 is 2.78 bits per heavy atom. The fourth-order valence-corrected chi connectivity index (χ4v) is 4.51. The van der Waals surface area contributed by atoms with Crippen LogP contribution < -0.4 is 4.74 Å². The van der Waals surface area contributed by atoms with Crippen molar-refractivity contribution in [3.05, 3.63) is 84.3 Å². The van der Waals surface area contributed by atoms with Crippen LogP contribution in [0.5, 0.6) is 5.75 Å². The number of hydrogen-bond donors (Lipinski definition) is 0. The summed E-state index contributed by atoms with van der Waals surface area (Å²) in [5, 5.41) is 4.71. The van der Waals surface area contributed by atoms with Crippen molar-refractivity contribution in [2.24, 2.45) is 5.92 Å². The van der Waals surface area contributed by atoms with Gasteiger partial charge in [0.25, 0.3) is 0 Å². The van der Waals surface area contributed by atoms with Crippen LogP contribution in [0.4, 0.5) is 0 Å². The summed E-state index contributed by atoms with van der Waals surface area (Å²) in [6.45, 7) is 4.28. The molecule has 0 saturated carbocycles. The Labute approximate surface area is 188 Å². The molecule has 1 fully saturated rings. The zero-order valence-corrected chi connectivity index (χ0v) is 18.4. The fraction of sp³-hybridized carbons (Fsp3) is 0.308. The van der Waals surface area contributed by atoms with Crippen molar-refractivity contribution in [3.63, 3.8) is 0 Å². The van der Waals surface area contributed by atoms with Crippen LogP contribution in [0.2, 0.25) is 0 Å². The maximum atomic E-state index is 5.96. The lowest BCUT2D eigenvalue weighted by Crippen LogP contribution is -2.31. The lowest BCUT2D eigenvalue weighted by atomic mass is 9.97. The third kappa shape index (κ3) is 4.52. The molecule has 5 rings (SSSR count). The van der Waals surface area contributed by atoms with Crippen LogP contribution in [0.15, 0.2) is 73.1 Å². The molecule has 1 aliphatic rings. The third-order valence-corrected chi connectivity index (χ3v) is 6.04. The number of rotatable bonds is 6. The molecule has 0 bridgehead atoms. The van der Waals surface area contributed by atoms with Gasteiger partial charge in [0.05, 0.1) is 26.0 Å². The van der Waals surface area contributed by atoms with E-state index >= 15 is 0 Å². The number of aromatic nitrogens is 3. The van der Waals surface area contributed by atoms with Crippen molar-refractivity contribution >= 4 is 5.65 Å². The summed E-state index contributed by atoms with van der Waals surface area (Å²) in [6.07, 6.45) is 4.56. The van der Waals surface area contributed by atoms with Gasteiger partial charge in [0.15, 0.2) is 5.65 Å². The summed E-state index contributed by atoms with van der Waals surface area (Å²) in [5.41, 5.74) is 5.60. The van der Waals surface area contributed by atoms with Crippen LogP contribution in [-0.2, 0) is 17.7 Å². The number of imidazole rings is 1. The topological polar surface area (TPSA) is 51.9 Å². The number of methoxy groups -OCH3 is 1. The van der Waals surface area contributed by atoms with Crippen LogP contribution in [0.1, 0.15) is 11.3 Å². The molecule has 0 spiro atoms. The third-order valence-electron chi connectivity index (χ3n) is 6.04. The van der Waals surface area contributed by atoms with Gasteiger partial charge in [-0.2, -0.15) is 5.10 Å². The molecule has 2 aromatic carbocycles. The molecule has 1 atom stereocenters. The fourth-order valence-electron chi connectivity index (χ4n) is 4.51. The Morgan fingerprint density at radius 1 is 1.03 bits per heavy atom. The van der Waals surface area contributed by atoms with Gasteiger partial charge in [0.1, 0.15) is 5.75 Å². The maximum Gasteiger partial charge on any atom is 0.153 e. The van der Waals surface area contributed by atoms with E-state index in [9.17, 15) is 0 Å². The largest absolute Gasteiger partial charge is 0.496 e. The number of benzene rings is 2. The quantitative estimate of drug-likeness (QED) is 0.463. The molecule has 0 N–H and O–H groups in total. The molecule has 1 saturated heterocycles. The molecular formula is C26H28N4O2. The molecule has 32 heavy (non-hydrogen) atoms. The Morgan fingerprint density at radius 2 is 1.88 bits per heavy atom. The van der Waals surface area contributed by atoms with Crippen LogP contribution in [0, 0.1) is 5.92 Å². The van der Waals surface area contributed by atoms with Gasteiger partial charge in [0.2, 0.25) is 0 Å². The molecule has 3 heterocycles. The number of fused-ring (bicyclic) bond motifs is 1. The van der Waals surface area contributed by atoms with Crippen LogP contribution >= 0.6 is 0 Å². The SMILES string of the molecule is COc1ccccc1-c1ccccc1CN1CCOC[C@H](Cc2ccc3nccn3n2)C1. The van der Waals surface area contributed by atoms with Gasteiger partial charge in [-0.1, -0.05) is 42.5 Å². The zero-order valence-electron chi connectivity index (χ0n) is 18.4. The second kappa shape index (κ2) is 9.51. The van der Waals surface area contributed by atoms with Crippen LogP contribution in [-0.4, -0.2) is 52.9 Å². The first-order valence-electron chi connectivity index (χ1n) is 11.1. The van der Waals surface area contributed by atoms with Gasteiger partial charge in [0, 0.05) is 43.5 Å². The van der Waals surface area contributed by atoms with Crippen LogP contribution in [0.3, 0.4) is 0 Å². The molecule has 2 aromatic heterocycles.